The highest BCUT2D eigenvalue weighted by atomic mass is 32.2. The quantitative estimate of drug-likeness (QED) is 0.245. The molecule has 2 atom stereocenters. The molecule has 0 aromatic carbocycles. The van der Waals surface area contributed by atoms with E-state index in [1.807, 2.05) is 12.4 Å². The van der Waals surface area contributed by atoms with Crippen molar-refractivity contribution in [1.82, 2.24) is 5.32 Å². The minimum atomic E-state index is 0.415. The Kier molecular flexibility index (Phi) is 5.56. The normalized spacial score (nSPS) is 27.9. The van der Waals surface area contributed by atoms with Gasteiger partial charge in [-0.3, -0.25) is 10.3 Å². The van der Waals surface area contributed by atoms with Crippen LogP contribution in [-0.2, 0) is 0 Å². The van der Waals surface area contributed by atoms with Crippen molar-refractivity contribution in [1.29, 1.82) is 5.26 Å². The predicted molar refractivity (Wildman–Crippen MR) is 65.7 cm³/mol. The molecule has 0 aromatic heterocycles. The molecule has 1 aliphatic carbocycles. The smallest absolute Gasteiger partial charge is 0.183 e. The van der Waals surface area contributed by atoms with E-state index in [1.165, 1.54) is 43.9 Å². The van der Waals surface area contributed by atoms with E-state index >= 15 is 0 Å². The maximum absolute atomic E-state index is 8.54. The number of thioether (sulfide) groups is 1. The molecule has 1 N–H and O–H groups in total. The van der Waals surface area contributed by atoms with Crippen LogP contribution in [0.15, 0.2) is 4.99 Å². The molecule has 0 aromatic rings. The highest BCUT2D eigenvalue weighted by Gasteiger charge is 2.15. The van der Waals surface area contributed by atoms with Crippen LogP contribution in [0.3, 0.4) is 0 Å². The van der Waals surface area contributed by atoms with Gasteiger partial charge >= 0.3 is 0 Å². The predicted octanol–water partition coefficient (Wildman–Crippen LogP) is 2.74. The molecule has 15 heavy (non-hydrogen) atoms. The van der Waals surface area contributed by atoms with Crippen molar-refractivity contribution in [3.8, 4) is 6.19 Å². The number of aliphatic imine (C=N–C) groups is 1. The second kappa shape index (κ2) is 6.73. The van der Waals surface area contributed by atoms with Gasteiger partial charge in [0.2, 0.25) is 0 Å². The lowest BCUT2D eigenvalue weighted by Crippen LogP contribution is -2.17. The van der Waals surface area contributed by atoms with Gasteiger partial charge in [-0.25, -0.2) is 0 Å². The number of nitrogens with one attached hydrogen (secondary N) is 1. The van der Waals surface area contributed by atoms with E-state index in [4.69, 9.17) is 5.26 Å². The Hall–Kier alpha value is -0.690. The van der Waals surface area contributed by atoms with Crippen LogP contribution < -0.4 is 5.32 Å². The standard InChI is InChI=1S/C11H19N3S/c1-9-4-3-5-10(7-6-9)14-11(15-2)13-8-12/h9-10H,3-7H2,1-2H3,(H,13,14). The third-order valence-corrected chi connectivity index (χ3v) is 3.48. The van der Waals surface area contributed by atoms with Crippen molar-refractivity contribution >= 4 is 16.9 Å². The number of amidine groups is 1. The molecule has 1 fully saturated rings. The molecule has 4 heteroatoms. The Labute approximate surface area is 96.3 Å². The van der Waals surface area contributed by atoms with E-state index in [-0.39, 0.29) is 0 Å². The van der Waals surface area contributed by atoms with E-state index in [2.05, 4.69) is 17.2 Å². The molecule has 0 amide bonds. The largest absolute Gasteiger partial charge is 0.272 e. The van der Waals surface area contributed by atoms with Crippen LogP contribution in [0.25, 0.3) is 0 Å². The van der Waals surface area contributed by atoms with Gasteiger partial charge < -0.3 is 0 Å². The molecule has 2 unspecified atom stereocenters. The summed E-state index contributed by atoms with van der Waals surface area (Å²) in [6.07, 6.45) is 10.1. The summed E-state index contributed by atoms with van der Waals surface area (Å²) in [4.78, 5) is 4.58. The molecule has 1 saturated carbocycles. The Balaban J connectivity index is 2.51. The molecule has 1 aliphatic rings. The first kappa shape index (κ1) is 12.4. The summed E-state index contributed by atoms with van der Waals surface area (Å²) >= 11 is 1.51. The number of rotatable bonds is 1. The lowest BCUT2D eigenvalue weighted by atomic mass is 10.0. The zero-order valence-corrected chi connectivity index (χ0v) is 10.3. The number of hydrogen-bond acceptors (Lipinski definition) is 3. The summed E-state index contributed by atoms with van der Waals surface area (Å²) in [7, 11) is 0. The van der Waals surface area contributed by atoms with Crippen LogP contribution in [0.5, 0.6) is 0 Å². The summed E-state index contributed by atoms with van der Waals surface area (Å²) < 4.78 is 0. The molecule has 1 rings (SSSR count). The van der Waals surface area contributed by atoms with Gasteiger partial charge in [0, 0.05) is 0 Å². The van der Waals surface area contributed by atoms with Crippen molar-refractivity contribution in [2.75, 3.05) is 6.26 Å². The maximum atomic E-state index is 8.54. The summed E-state index contributed by atoms with van der Waals surface area (Å²) in [6, 6.07) is 0.415. The van der Waals surface area contributed by atoms with E-state index in [1.54, 1.807) is 0 Å². The van der Waals surface area contributed by atoms with Crippen molar-refractivity contribution in [3.05, 3.63) is 0 Å². The third kappa shape index (κ3) is 4.57. The van der Waals surface area contributed by atoms with Gasteiger partial charge in [-0.15, -0.1) is 0 Å². The molecule has 0 radical (unpaired) electrons. The molecule has 0 heterocycles. The van der Waals surface area contributed by atoms with Gasteiger partial charge in [-0.1, -0.05) is 31.5 Å². The average Bonchev–Trinajstić information content (AvgIpc) is 2.43. The maximum Gasteiger partial charge on any atom is 0.183 e. The Morgan fingerprint density at radius 3 is 2.87 bits per heavy atom. The summed E-state index contributed by atoms with van der Waals surface area (Å²) in [6.45, 7) is 2.31. The highest BCUT2D eigenvalue weighted by molar-refractivity contribution is 8.13. The fraction of sp³-hybridized carbons (Fsp3) is 0.818. The van der Waals surface area contributed by atoms with Crippen LogP contribution in [0.2, 0.25) is 0 Å². The average molecular weight is 225 g/mol. The molecule has 0 bridgehead atoms. The van der Waals surface area contributed by atoms with Gasteiger partial charge in [0.05, 0.1) is 6.04 Å². The molecule has 3 nitrogen and oxygen atoms in total. The van der Waals surface area contributed by atoms with Crippen LogP contribution in [0.1, 0.15) is 39.0 Å². The molecular formula is C11H19N3S. The molecule has 0 saturated heterocycles. The van der Waals surface area contributed by atoms with Crippen molar-refractivity contribution in [2.24, 2.45) is 10.9 Å². The van der Waals surface area contributed by atoms with E-state index in [0.717, 1.165) is 11.1 Å². The molecular weight excluding hydrogens is 206 g/mol. The van der Waals surface area contributed by atoms with Crippen molar-refractivity contribution in [3.63, 3.8) is 0 Å². The van der Waals surface area contributed by atoms with E-state index in [9.17, 15) is 0 Å². The van der Waals surface area contributed by atoms with Gasteiger partial charge in [-0.05, 0) is 31.4 Å². The second-order valence-corrected chi connectivity index (χ2v) is 4.94. The number of hydrogen-bond donors (Lipinski definition) is 1. The first-order valence-electron chi connectivity index (χ1n) is 5.53. The molecule has 84 valence electrons. The van der Waals surface area contributed by atoms with Gasteiger partial charge in [0.25, 0.3) is 0 Å². The van der Waals surface area contributed by atoms with Gasteiger partial charge in [-0.2, -0.15) is 5.26 Å². The van der Waals surface area contributed by atoms with Gasteiger partial charge in [0.1, 0.15) is 0 Å². The zero-order valence-electron chi connectivity index (χ0n) is 9.49. The summed E-state index contributed by atoms with van der Waals surface area (Å²) in [5.41, 5.74) is 0. The number of nitrogens with zero attached hydrogens (tertiary/aromatic N) is 2. The highest BCUT2D eigenvalue weighted by Crippen LogP contribution is 2.24. The lowest BCUT2D eigenvalue weighted by molar-refractivity contribution is 0.499. The SMILES string of the molecule is CSC(=NC1CCCC(C)CC1)NC#N. The van der Waals surface area contributed by atoms with Crippen LogP contribution >= 0.6 is 11.8 Å². The summed E-state index contributed by atoms with van der Waals surface area (Å²) in [5.74, 6) is 0.840. The minimum Gasteiger partial charge on any atom is -0.272 e. The monoisotopic (exact) mass is 225 g/mol. The second-order valence-electron chi connectivity index (χ2n) is 4.14. The first-order chi connectivity index (χ1) is 7.26. The Morgan fingerprint density at radius 1 is 1.40 bits per heavy atom. The molecule has 0 spiro atoms. The van der Waals surface area contributed by atoms with E-state index in [0.29, 0.717) is 6.04 Å². The Bertz CT molecular complexity index is 257. The van der Waals surface area contributed by atoms with Crippen molar-refractivity contribution in [2.45, 2.75) is 45.1 Å². The topological polar surface area (TPSA) is 48.2 Å². The van der Waals surface area contributed by atoms with Crippen molar-refractivity contribution < 1.29 is 0 Å². The lowest BCUT2D eigenvalue weighted by Gasteiger charge is -2.10. The van der Waals surface area contributed by atoms with Gasteiger partial charge in [0.15, 0.2) is 11.4 Å². The van der Waals surface area contributed by atoms with Crippen LogP contribution in [0, 0.1) is 17.4 Å². The third-order valence-electron chi connectivity index (χ3n) is 2.88. The van der Waals surface area contributed by atoms with E-state index < -0.39 is 0 Å². The van der Waals surface area contributed by atoms with Crippen LogP contribution in [-0.4, -0.2) is 17.5 Å². The fourth-order valence-electron chi connectivity index (χ4n) is 1.95. The number of nitriles is 1. The fourth-order valence-corrected chi connectivity index (χ4v) is 2.35. The minimum absolute atomic E-state index is 0.415. The summed E-state index contributed by atoms with van der Waals surface area (Å²) in [5, 5.41) is 11.9. The molecule has 0 aliphatic heterocycles. The Morgan fingerprint density at radius 2 is 2.20 bits per heavy atom. The first-order valence-corrected chi connectivity index (χ1v) is 6.75. The van der Waals surface area contributed by atoms with Crippen LogP contribution in [0.4, 0.5) is 0 Å². The zero-order chi connectivity index (χ0) is 11.1.